The van der Waals surface area contributed by atoms with Crippen LogP contribution in [0.5, 0.6) is 5.75 Å². The van der Waals surface area contributed by atoms with Gasteiger partial charge in [-0.2, -0.15) is 13.2 Å². The average Bonchev–Trinajstić information content (AvgIpc) is 2.94. The molecule has 1 heterocycles. The molecule has 30 heavy (non-hydrogen) atoms. The predicted molar refractivity (Wildman–Crippen MR) is 111 cm³/mol. The topological polar surface area (TPSA) is 34.5 Å². The SMILES string of the molecule is COc1ccc2c(c1)c(C(C(=O)N(C)C)C(F)(F)F)c(C)n2Cc1ccc(Cl)cc1. The lowest BCUT2D eigenvalue weighted by atomic mass is 9.94. The van der Waals surface area contributed by atoms with E-state index in [0.29, 0.717) is 33.9 Å². The summed E-state index contributed by atoms with van der Waals surface area (Å²) in [6.45, 7) is 1.95. The summed E-state index contributed by atoms with van der Waals surface area (Å²) in [5.41, 5.74) is 1.80. The van der Waals surface area contributed by atoms with Crippen LogP contribution >= 0.6 is 11.6 Å². The molecular formula is C22H22ClF3N2O2. The first-order valence-corrected chi connectivity index (χ1v) is 9.61. The van der Waals surface area contributed by atoms with Crippen LogP contribution < -0.4 is 4.74 Å². The fraction of sp³-hybridized carbons (Fsp3) is 0.318. The van der Waals surface area contributed by atoms with Crippen LogP contribution in [0.2, 0.25) is 5.02 Å². The van der Waals surface area contributed by atoms with Gasteiger partial charge >= 0.3 is 6.18 Å². The normalized spacial score (nSPS) is 12.8. The van der Waals surface area contributed by atoms with Gasteiger partial charge in [0, 0.05) is 47.8 Å². The van der Waals surface area contributed by atoms with Crippen LogP contribution in [0.15, 0.2) is 42.5 Å². The summed E-state index contributed by atoms with van der Waals surface area (Å²) in [6.07, 6.45) is -4.74. The summed E-state index contributed by atoms with van der Waals surface area (Å²) in [7, 11) is 4.10. The Labute approximate surface area is 177 Å². The van der Waals surface area contributed by atoms with E-state index in [2.05, 4.69) is 0 Å². The molecule has 1 amide bonds. The van der Waals surface area contributed by atoms with Crippen molar-refractivity contribution in [1.82, 2.24) is 9.47 Å². The number of likely N-dealkylation sites (N-methyl/N-ethyl adjacent to an activating group) is 1. The number of alkyl halides is 3. The Morgan fingerprint density at radius 3 is 2.33 bits per heavy atom. The van der Waals surface area contributed by atoms with E-state index >= 15 is 0 Å². The Balaban J connectivity index is 2.28. The highest BCUT2D eigenvalue weighted by atomic mass is 35.5. The van der Waals surface area contributed by atoms with Crippen molar-refractivity contribution in [2.75, 3.05) is 21.2 Å². The number of hydrogen-bond acceptors (Lipinski definition) is 2. The van der Waals surface area contributed by atoms with Crippen molar-refractivity contribution in [3.63, 3.8) is 0 Å². The first-order chi connectivity index (χ1) is 14.0. The van der Waals surface area contributed by atoms with Gasteiger partial charge in [0.2, 0.25) is 5.91 Å². The molecule has 0 saturated carbocycles. The van der Waals surface area contributed by atoms with Crippen LogP contribution in [0.3, 0.4) is 0 Å². The van der Waals surface area contributed by atoms with E-state index in [-0.39, 0.29) is 5.56 Å². The number of carbonyl (C=O) groups is 1. The minimum absolute atomic E-state index is 0.0518. The summed E-state index contributed by atoms with van der Waals surface area (Å²) in [5, 5.41) is 0.922. The predicted octanol–water partition coefficient (Wildman–Crippen LogP) is 5.39. The summed E-state index contributed by atoms with van der Waals surface area (Å²) in [4.78, 5) is 13.6. The van der Waals surface area contributed by atoms with Crippen molar-refractivity contribution >= 4 is 28.4 Å². The zero-order chi connectivity index (χ0) is 22.2. The molecular weight excluding hydrogens is 417 g/mol. The second-order valence-electron chi connectivity index (χ2n) is 7.30. The standard InChI is InChI=1S/C22H22ClF3N2O2/c1-13-19(20(22(24,25)26)21(29)27(2)3)17-11-16(30-4)9-10-18(17)28(13)12-14-5-7-15(23)8-6-14/h5-11,20H,12H2,1-4H3. The zero-order valence-corrected chi connectivity index (χ0v) is 17.8. The molecule has 0 aliphatic rings. The van der Waals surface area contributed by atoms with E-state index in [1.165, 1.54) is 21.2 Å². The molecule has 0 spiro atoms. The molecule has 0 aliphatic heterocycles. The van der Waals surface area contributed by atoms with Crippen molar-refractivity contribution in [1.29, 1.82) is 0 Å². The summed E-state index contributed by atoms with van der Waals surface area (Å²) in [5.74, 6) is -2.86. The first kappa shape index (κ1) is 22.0. The van der Waals surface area contributed by atoms with Crippen molar-refractivity contribution < 1.29 is 22.7 Å². The fourth-order valence-corrected chi connectivity index (χ4v) is 3.77. The highest BCUT2D eigenvalue weighted by Crippen LogP contribution is 2.43. The van der Waals surface area contributed by atoms with Gasteiger partial charge in [-0.1, -0.05) is 23.7 Å². The number of methoxy groups -OCH3 is 1. The van der Waals surface area contributed by atoms with Crippen LogP contribution in [-0.2, 0) is 11.3 Å². The minimum Gasteiger partial charge on any atom is -0.497 e. The number of hydrogen-bond donors (Lipinski definition) is 0. The van der Waals surface area contributed by atoms with Gasteiger partial charge in [0.15, 0.2) is 5.92 Å². The molecule has 2 aromatic carbocycles. The van der Waals surface area contributed by atoms with Crippen molar-refractivity contribution in [3.8, 4) is 5.75 Å². The number of ether oxygens (including phenoxy) is 1. The first-order valence-electron chi connectivity index (χ1n) is 9.23. The van der Waals surface area contributed by atoms with Crippen LogP contribution in [-0.4, -0.2) is 42.8 Å². The number of amides is 1. The molecule has 3 aromatic rings. The molecule has 160 valence electrons. The van der Waals surface area contributed by atoms with Gasteiger partial charge in [0.25, 0.3) is 0 Å². The van der Waals surface area contributed by atoms with Crippen LogP contribution in [0.1, 0.15) is 22.7 Å². The third-order valence-electron chi connectivity index (χ3n) is 5.14. The number of rotatable bonds is 5. The average molecular weight is 439 g/mol. The van der Waals surface area contributed by atoms with E-state index < -0.39 is 18.0 Å². The second-order valence-corrected chi connectivity index (χ2v) is 7.74. The molecule has 0 fully saturated rings. The molecule has 3 rings (SSSR count). The van der Waals surface area contributed by atoms with Crippen molar-refractivity contribution in [2.45, 2.75) is 25.6 Å². The molecule has 0 bridgehead atoms. The Morgan fingerprint density at radius 1 is 1.17 bits per heavy atom. The second kappa shape index (κ2) is 8.22. The lowest BCUT2D eigenvalue weighted by Crippen LogP contribution is -2.37. The smallest absolute Gasteiger partial charge is 0.404 e. The Morgan fingerprint density at radius 2 is 1.80 bits per heavy atom. The summed E-state index contributed by atoms with van der Waals surface area (Å²) in [6, 6.07) is 12.1. The molecule has 1 unspecified atom stereocenters. The largest absolute Gasteiger partial charge is 0.497 e. The van der Waals surface area contributed by atoms with Gasteiger partial charge < -0.3 is 14.2 Å². The Bertz CT molecular complexity index is 1070. The molecule has 4 nitrogen and oxygen atoms in total. The highest BCUT2D eigenvalue weighted by Gasteiger charge is 2.49. The maximum Gasteiger partial charge on any atom is 0.404 e. The van der Waals surface area contributed by atoms with E-state index in [4.69, 9.17) is 16.3 Å². The molecule has 1 aromatic heterocycles. The number of fused-ring (bicyclic) bond motifs is 1. The molecule has 0 N–H and O–H groups in total. The van der Waals surface area contributed by atoms with Gasteiger partial charge in [0.1, 0.15) is 5.75 Å². The number of aromatic nitrogens is 1. The quantitative estimate of drug-likeness (QED) is 0.535. The minimum atomic E-state index is -4.74. The maximum absolute atomic E-state index is 14.1. The van der Waals surface area contributed by atoms with Crippen molar-refractivity contribution in [3.05, 3.63) is 64.3 Å². The number of benzene rings is 2. The van der Waals surface area contributed by atoms with Gasteiger partial charge in [0.05, 0.1) is 7.11 Å². The Hall–Kier alpha value is -2.67. The highest BCUT2D eigenvalue weighted by molar-refractivity contribution is 6.30. The van der Waals surface area contributed by atoms with Crippen molar-refractivity contribution in [2.24, 2.45) is 0 Å². The van der Waals surface area contributed by atoms with Gasteiger partial charge in [-0.25, -0.2) is 0 Å². The molecule has 1 atom stereocenters. The van der Waals surface area contributed by atoms with Crippen LogP contribution in [0.25, 0.3) is 10.9 Å². The lowest BCUT2D eigenvalue weighted by Gasteiger charge is -2.24. The van der Waals surface area contributed by atoms with Gasteiger partial charge in [-0.15, -0.1) is 0 Å². The Kier molecular flexibility index (Phi) is 6.04. The summed E-state index contributed by atoms with van der Waals surface area (Å²) >= 11 is 5.95. The van der Waals surface area contributed by atoms with E-state index in [9.17, 15) is 18.0 Å². The van der Waals surface area contributed by atoms with Crippen LogP contribution in [0.4, 0.5) is 13.2 Å². The van der Waals surface area contributed by atoms with Gasteiger partial charge in [-0.3, -0.25) is 4.79 Å². The van der Waals surface area contributed by atoms with E-state index in [1.54, 1.807) is 41.8 Å². The zero-order valence-electron chi connectivity index (χ0n) is 17.0. The molecule has 0 radical (unpaired) electrons. The van der Waals surface area contributed by atoms with Crippen LogP contribution in [0, 0.1) is 6.92 Å². The fourth-order valence-electron chi connectivity index (χ4n) is 3.64. The molecule has 0 saturated heterocycles. The van der Waals surface area contributed by atoms with E-state index in [0.717, 1.165) is 10.5 Å². The summed E-state index contributed by atoms with van der Waals surface area (Å²) < 4.78 is 49.3. The lowest BCUT2D eigenvalue weighted by molar-refractivity contribution is -0.170. The monoisotopic (exact) mass is 438 g/mol. The number of halogens is 4. The number of nitrogens with zero attached hydrogens (tertiary/aromatic N) is 2. The third kappa shape index (κ3) is 4.12. The molecule has 8 heteroatoms. The van der Waals surface area contributed by atoms with E-state index in [1.807, 2.05) is 12.1 Å². The van der Waals surface area contributed by atoms with Gasteiger partial charge in [-0.05, 0) is 42.8 Å². The number of carbonyl (C=O) groups excluding carboxylic acids is 1. The maximum atomic E-state index is 14.1. The molecule has 0 aliphatic carbocycles. The third-order valence-corrected chi connectivity index (χ3v) is 5.39.